The predicted octanol–water partition coefficient (Wildman–Crippen LogP) is 2.97. The monoisotopic (exact) mass is 391 g/mol. The summed E-state index contributed by atoms with van der Waals surface area (Å²) in [5, 5.41) is 11.4. The number of benzene rings is 1. The van der Waals surface area contributed by atoms with Crippen LogP contribution >= 0.6 is 0 Å². The molecule has 1 N–H and O–H groups in total. The molecule has 1 aromatic carbocycles. The Balaban J connectivity index is 1.78. The summed E-state index contributed by atoms with van der Waals surface area (Å²) in [5.41, 5.74) is 1.31. The van der Waals surface area contributed by atoms with Gasteiger partial charge in [-0.1, -0.05) is 18.2 Å². The van der Waals surface area contributed by atoms with Crippen LogP contribution in [-0.2, 0) is 4.79 Å². The summed E-state index contributed by atoms with van der Waals surface area (Å²) < 4.78 is 5.70. The number of hydrogen-bond donors (Lipinski definition) is 1. The normalized spacial score (nSPS) is 17.0. The zero-order chi connectivity index (χ0) is 20.5. The van der Waals surface area contributed by atoms with Gasteiger partial charge >= 0.3 is 0 Å². The molecule has 0 unspecified atom stereocenters. The number of amides is 1. The molecule has 0 saturated heterocycles. The van der Waals surface area contributed by atoms with Gasteiger partial charge in [0.1, 0.15) is 5.58 Å². The van der Waals surface area contributed by atoms with Crippen molar-refractivity contribution in [3.63, 3.8) is 0 Å². The molecule has 148 valence electrons. The Bertz CT molecular complexity index is 1070. The van der Waals surface area contributed by atoms with Crippen molar-refractivity contribution in [3.8, 4) is 0 Å². The van der Waals surface area contributed by atoms with Crippen LogP contribution in [0.5, 0.6) is 0 Å². The molecule has 1 aliphatic heterocycles. The fourth-order valence-corrected chi connectivity index (χ4v) is 3.54. The lowest BCUT2D eigenvalue weighted by molar-refractivity contribution is -0.129. The molecule has 7 nitrogen and oxygen atoms in total. The zero-order valence-electron chi connectivity index (χ0n) is 16.2. The van der Waals surface area contributed by atoms with E-state index in [1.54, 1.807) is 36.7 Å². The van der Waals surface area contributed by atoms with Gasteiger partial charge in [-0.2, -0.15) is 0 Å². The van der Waals surface area contributed by atoms with E-state index in [2.05, 4.69) is 4.98 Å². The highest BCUT2D eigenvalue weighted by molar-refractivity contribution is 6.16. The number of nitrogens with zero attached hydrogens (tertiary/aromatic N) is 3. The third-order valence-electron chi connectivity index (χ3n) is 5.01. The number of furan rings is 1. The van der Waals surface area contributed by atoms with Gasteiger partial charge in [0.25, 0.3) is 5.91 Å². The van der Waals surface area contributed by atoms with Crippen LogP contribution in [0.2, 0.25) is 0 Å². The van der Waals surface area contributed by atoms with Crippen molar-refractivity contribution in [1.82, 2.24) is 14.8 Å². The third-order valence-corrected chi connectivity index (χ3v) is 5.01. The van der Waals surface area contributed by atoms with Crippen molar-refractivity contribution in [2.45, 2.75) is 6.04 Å². The first-order valence-corrected chi connectivity index (χ1v) is 9.29. The lowest BCUT2D eigenvalue weighted by Gasteiger charge is -2.27. The van der Waals surface area contributed by atoms with Crippen LogP contribution in [0.1, 0.15) is 22.2 Å². The number of ketones is 1. The molecular formula is C22H21N3O4. The molecule has 1 aliphatic rings. The summed E-state index contributed by atoms with van der Waals surface area (Å²) in [6.45, 7) is 0.951. The number of fused-ring (bicyclic) bond motifs is 1. The predicted molar refractivity (Wildman–Crippen MR) is 107 cm³/mol. The molecule has 1 atom stereocenters. The Morgan fingerprint density at radius 2 is 1.93 bits per heavy atom. The fourth-order valence-electron chi connectivity index (χ4n) is 3.54. The second-order valence-corrected chi connectivity index (χ2v) is 7.22. The first kappa shape index (κ1) is 18.9. The van der Waals surface area contributed by atoms with Crippen LogP contribution in [0.25, 0.3) is 11.0 Å². The molecule has 3 aromatic rings. The molecule has 0 spiro atoms. The summed E-state index contributed by atoms with van der Waals surface area (Å²) in [7, 11) is 3.80. The van der Waals surface area contributed by atoms with Crippen molar-refractivity contribution in [3.05, 3.63) is 77.5 Å². The van der Waals surface area contributed by atoms with E-state index >= 15 is 0 Å². The Kier molecular flexibility index (Phi) is 4.90. The molecule has 0 radical (unpaired) electrons. The average molecular weight is 391 g/mol. The van der Waals surface area contributed by atoms with Crippen LogP contribution in [-0.4, -0.2) is 58.8 Å². The van der Waals surface area contributed by atoms with E-state index in [-0.39, 0.29) is 11.3 Å². The first-order chi connectivity index (χ1) is 14.0. The number of aromatic nitrogens is 1. The van der Waals surface area contributed by atoms with E-state index in [1.807, 2.05) is 37.2 Å². The van der Waals surface area contributed by atoms with E-state index < -0.39 is 23.5 Å². The number of aliphatic hydroxyl groups is 1. The number of Topliss-reactive ketones (excluding diaryl/α,β-unsaturated/α-hetero) is 1. The molecule has 7 heteroatoms. The Hall–Kier alpha value is -3.45. The minimum atomic E-state index is -0.703. The molecule has 0 fully saturated rings. The number of rotatable bonds is 6. The first-order valence-electron chi connectivity index (χ1n) is 9.29. The van der Waals surface area contributed by atoms with Crippen LogP contribution in [0, 0.1) is 0 Å². The van der Waals surface area contributed by atoms with Crippen molar-refractivity contribution in [2.75, 3.05) is 27.2 Å². The topological polar surface area (TPSA) is 86.9 Å². The lowest BCUT2D eigenvalue weighted by atomic mass is 9.95. The van der Waals surface area contributed by atoms with E-state index in [1.165, 1.54) is 4.90 Å². The Morgan fingerprint density at radius 1 is 1.21 bits per heavy atom. The Morgan fingerprint density at radius 3 is 2.62 bits per heavy atom. The summed E-state index contributed by atoms with van der Waals surface area (Å²) in [5.74, 6) is -1.50. The van der Waals surface area contributed by atoms with Gasteiger partial charge < -0.3 is 19.3 Å². The van der Waals surface area contributed by atoms with Gasteiger partial charge in [0.05, 0.1) is 11.6 Å². The molecule has 0 bridgehead atoms. The van der Waals surface area contributed by atoms with Crippen LogP contribution < -0.4 is 0 Å². The highest BCUT2D eigenvalue weighted by atomic mass is 16.3. The second kappa shape index (κ2) is 7.52. The number of carbonyl (C=O) groups excluding carboxylic acids is 2. The largest absolute Gasteiger partial charge is 0.503 e. The van der Waals surface area contributed by atoms with Gasteiger partial charge in [0.15, 0.2) is 11.5 Å². The SMILES string of the molecule is CN(C)CCN1C(=O)C(O)=C(C(=O)c2cc3ccccc3o2)[C@H]1c1ccncc1. The molecule has 1 amide bonds. The molecule has 0 aliphatic carbocycles. The van der Waals surface area contributed by atoms with Gasteiger partial charge in [-0.3, -0.25) is 14.6 Å². The van der Waals surface area contributed by atoms with E-state index in [0.717, 1.165) is 5.39 Å². The summed E-state index contributed by atoms with van der Waals surface area (Å²) in [6, 6.07) is 11.7. The highest BCUT2D eigenvalue weighted by Gasteiger charge is 2.44. The smallest absolute Gasteiger partial charge is 0.290 e. The van der Waals surface area contributed by atoms with Gasteiger partial charge in [-0.05, 0) is 43.9 Å². The number of aliphatic hydroxyl groups excluding tert-OH is 1. The second-order valence-electron chi connectivity index (χ2n) is 7.22. The van der Waals surface area contributed by atoms with Crippen LogP contribution in [0.4, 0.5) is 0 Å². The molecule has 29 heavy (non-hydrogen) atoms. The van der Waals surface area contributed by atoms with Crippen LogP contribution in [0.15, 0.2) is 70.6 Å². The maximum Gasteiger partial charge on any atom is 0.290 e. The standard InChI is InChI=1S/C22H21N3O4/c1-24(2)11-12-25-19(14-7-9-23-10-8-14)18(21(27)22(25)28)20(26)17-13-15-5-3-4-6-16(15)29-17/h3-10,13,19,27H,11-12H2,1-2H3/t19-/m1/s1. The quantitative estimate of drug-likeness (QED) is 0.650. The van der Waals surface area contributed by atoms with Gasteiger partial charge in [-0.15, -0.1) is 0 Å². The third kappa shape index (κ3) is 3.40. The van der Waals surface area contributed by atoms with E-state index in [0.29, 0.717) is 24.2 Å². The Labute approximate surface area is 167 Å². The lowest BCUT2D eigenvalue weighted by Crippen LogP contribution is -2.36. The highest BCUT2D eigenvalue weighted by Crippen LogP contribution is 2.39. The van der Waals surface area contributed by atoms with Crippen molar-refractivity contribution >= 4 is 22.7 Å². The van der Waals surface area contributed by atoms with Gasteiger partial charge in [0.2, 0.25) is 5.78 Å². The molecule has 2 aromatic heterocycles. The average Bonchev–Trinajstić information content (AvgIpc) is 3.26. The number of para-hydroxylation sites is 1. The number of likely N-dealkylation sites (N-methyl/N-ethyl adjacent to an activating group) is 1. The van der Waals surface area contributed by atoms with E-state index in [4.69, 9.17) is 4.42 Å². The van der Waals surface area contributed by atoms with E-state index in [9.17, 15) is 14.7 Å². The van der Waals surface area contributed by atoms with Crippen molar-refractivity contribution in [2.24, 2.45) is 0 Å². The summed E-state index contributed by atoms with van der Waals surface area (Å²) in [6.07, 6.45) is 3.20. The molecule has 3 heterocycles. The zero-order valence-corrected chi connectivity index (χ0v) is 16.2. The van der Waals surface area contributed by atoms with Gasteiger partial charge in [0, 0.05) is 30.9 Å². The minimum absolute atomic E-state index is 0.0269. The summed E-state index contributed by atoms with van der Waals surface area (Å²) in [4.78, 5) is 33.6. The number of carbonyl (C=O) groups is 2. The maximum absolute atomic E-state index is 13.3. The minimum Gasteiger partial charge on any atom is -0.503 e. The van der Waals surface area contributed by atoms with Crippen molar-refractivity contribution in [1.29, 1.82) is 0 Å². The molecule has 0 saturated carbocycles. The molecule has 4 rings (SSSR count). The van der Waals surface area contributed by atoms with Gasteiger partial charge in [-0.25, -0.2) is 0 Å². The number of hydrogen-bond acceptors (Lipinski definition) is 6. The maximum atomic E-state index is 13.3. The summed E-state index contributed by atoms with van der Waals surface area (Å²) >= 11 is 0. The molecular weight excluding hydrogens is 370 g/mol. The number of pyridine rings is 1. The fraction of sp³-hybridized carbons (Fsp3) is 0.227. The van der Waals surface area contributed by atoms with Crippen molar-refractivity contribution < 1.29 is 19.1 Å². The van der Waals surface area contributed by atoms with Crippen LogP contribution in [0.3, 0.4) is 0 Å².